The molecular weight excluding hydrogens is 496 g/mol. The molecule has 3 aromatic rings. The van der Waals surface area contributed by atoms with Gasteiger partial charge in [-0.25, -0.2) is 0 Å². The Morgan fingerprint density at radius 1 is 0.917 bits per heavy atom. The number of rotatable bonds is 8. The van der Waals surface area contributed by atoms with E-state index in [0.717, 1.165) is 0 Å². The quantitative estimate of drug-likeness (QED) is 0.157. The molecule has 0 spiro atoms. The summed E-state index contributed by atoms with van der Waals surface area (Å²) in [4.78, 5) is 30.0. The van der Waals surface area contributed by atoms with Gasteiger partial charge in [0.2, 0.25) is 0 Å². The van der Waals surface area contributed by atoms with E-state index in [1.54, 1.807) is 66.7 Å². The Kier molecular flexibility index (Phi) is 7.83. The molecule has 0 bridgehead atoms. The van der Waals surface area contributed by atoms with Crippen molar-refractivity contribution in [3.63, 3.8) is 0 Å². The molecule has 6 nitrogen and oxygen atoms in total. The van der Waals surface area contributed by atoms with E-state index in [-0.39, 0.29) is 22.3 Å². The number of ether oxygens (including phenoxy) is 2. The number of anilines is 2. The third-order valence-electron chi connectivity index (χ3n) is 5.27. The molecular formula is C28H23ClN2O4S. The van der Waals surface area contributed by atoms with Crippen LogP contribution in [0.25, 0.3) is 6.08 Å². The maximum atomic E-state index is 13.7. The highest BCUT2D eigenvalue weighted by atomic mass is 35.5. The van der Waals surface area contributed by atoms with E-state index in [9.17, 15) is 9.59 Å². The Hall–Kier alpha value is -3.94. The first kappa shape index (κ1) is 25.2. The molecule has 1 aliphatic heterocycles. The topological polar surface area (TPSA) is 59.1 Å². The van der Waals surface area contributed by atoms with Crippen molar-refractivity contribution in [3.05, 3.63) is 102 Å². The highest BCUT2D eigenvalue weighted by Gasteiger charge is 2.41. The molecule has 182 valence electrons. The van der Waals surface area contributed by atoms with Gasteiger partial charge < -0.3 is 9.47 Å². The van der Waals surface area contributed by atoms with Crippen LogP contribution >= 0.6 is 23.8 Å². The van der Waals surface area contributed by atoms with Crippen molar-refractivity contribution in [1.29, 1.82) is 0 Å². The average molecular weight is 519 g/mol. The Bertz CT molecular complexity index is 1280. The Morgan fingerprint density at radius 2 is 1.47 bits per heavy atom. The SMILES string of the molecule is C=CCOc1c(Cl)cc(C=C2C(=O)N(c3ccccc3)C(=S)N(c3ccccc3)C2=O)cc1OCC. The molecule has 0 atom stereocenters. The van der Waals surface area contributed by atoms with E-state index in [2.05, 4.69) is 6.58 Å². The highest BCUT2D eigenvalue weighted by molar-refractivity contribution is 7.81. The van der Waals surface area contributed by atoms with Gasteiger partial charge in [-0.2, -0.15) is 0 Å². The summed E-state index contributed by atoms with van der Waals surface area (Å²) in [6.45, 7) is 6.10. The number of hydrogen-bond acceptors (Lipinski definition) is 5. The lowest BCUT2D eigenvalue weighted by molar-refractivity contribution is -0.120. The number of benzene rings is 3. The number of nitrogens with zero attached hydrogens (tertiary/aromatic N) is 2. The maximum Gasteiger partial charge on any atom is 0.270 e. The number of carbonyl (C=O) groups is 2. The zero-order valence-corrected chi connectivity index (χ0v) is 21.1. The van der Waals surface area contributed by atoms with Crippen LogP contribution in [0.1, 0.15) is 12.5 Å². The molecule has 2 amide bonds. The van der Waals surface area contributed by atoms with Crippen molar-refractivity contribution >= 4 is 58.2 Å². The number of carbonyl (C=O) groups excluding carboxylic acids is 2. The van der Waals surface area contributed by atoms with E-state index >= 15 is 0 Å². The van der Waals surface area contributed by atoms with Crippen LogP contribution in [0.3, 0.4) is 0 Å². The van der Waals surface area contributed by atoms with Crippen LogP contribution in [0.15, 0.2) is 91.0 Å². The Balaban J connectivity index is 1.85. The lowest BCUT2D eigenvalue weighted by Crippen LogP contribution is -2.56. The van der Waals surface area contributed by atoms with Gasteiger partial charge in [-0.1, -0.05) is 60.7 Å². The molecule has 3 aromatic carbocycles. The van der Waals surface area contributed by atoms with Gasteiger partial charge in [0, 0.05) is 0 Å². The first-order valence-electron chi connectivity index (χ1n) is 11.2. The minimum Gasteiger partial charge on any atom is -0.490 e. The summed E-state index contributed by atoms with van der Waals surface area (Å²) in [6.07, 6.45) is 3.09. The van der Waals surface area contributed by atoms with Crippen LogP contribution in [0.2, 0.25) is 5.02 Å². The largest absolute Gasteiger partial charge is 0.490 e. The molecule has 0 unspecified atom stereocenters. The van der Waals surface area contributed by atoms with Gasteiger partial charge in [0.1, 0.15) is 12.2 Å². The summed E-state index contributed by atoms with van der Waals surface area (Å²) >= 11 is 12.1. The van der Waals surface area contributed by atoms with E-state index in [0.29, 0.717) is 35.0 Å². The van der Waals surface area contributed by atoms with Crippen LogP contribution < -0.4 is 19.3 Å². The number of hydrogen-bond donors (Lipinski definition) is 0. The summed E-state index contributed by atoms with van der Waals surface area (Å²) in [6, 6.07) is 21.2. The van der Waals surface area contributed by atoms with Crippen molar-refractivity contribution < 1.29 is 19.1 Å². The molecule has 1 heterocycles. The van der Waals surface area contributed by atoms with Gasteiger partial charge in [-0.05, 0) is 67.2 Å². The van der Waals surface area contributed by atoms with Crippen LogP contribution in [-0.4, -0.2) is 30.1 Å². The molecule has 1 saturated heterocycles. The predicted molar refractivity (Wildman–Crippen MR) is 147 cm³/mol. The maximum absolute atomic E-state index is 13.7. The van der Waals surface area contributed by atoms with Crippen molar-refractivity contribution in [3.8, 4) is 11.5 Å². The minimum absolute atomic E-state index is 0.0701. The molecule has 0 N–H and O–H groups in total. The average Bonchev–Trinajstić information content (AvgIpc) is 2.88. The van der Waals surface area contributed by atoms with Gasteiger partial charge in [0.25, 0.3) is 11.8 Å². The second kappa shape index (κ2) is 11.2. The lowest BCUT2D eigenvalue weighted by Gasteiger charge is -2.36. The zero-order valence-electron chi connectivity index (χ0n) is 19.5. The van der Waals surface area contributed by atoms with Crippen LogP contribution in [0.4, 0.5) is 11.4 Å². The van der Waals surface area contributed by atoms with E-state index < -0.39 is 11.8 Å². The van der Waals surface area contributed by atoms with Crippen LogP contribution in [-0.2, 0) is 9.59 Å². The fraction of sp³-hybridized carbons (Fsp3) is 0.107. The second-order valence-electron chi connectivity index (χ2n) is 7.66. The van der Waals surface area contributed by atoms with Crippen LogP contribution in [0, 0.1) is 0 Å². The standard InChI is InChI=1S/C28H23ClN2O4S/c1-3-15-35-25-23(29)17-19(18-24(25)34-4-2)16-22-26(32)30(20-11-7-5-8-12-20)28(36)31(27(22)33)21-13-9-6-10-14-21/h3,5-14,16-18H,1,4,15H2,2H3. The van der Waals surface area contributed by atoms with Crippen molar-refractivity contribution in [2.75, 3.05) is 23.0 Å². The van der Waals surface area contributed by atoms with Crippen molar-refractivity contribution in [2.45, 2.75) is 6.92 Å². The Morgan fingerprint density at radius 3 is 1.97 bits per heavy atom. The van der Waals surface area contributed by atoms with E-state index in [4.69, 9.17) is 33.3 Å². The minimum atomic E-state index is -0.538. The van der Waals surface area contributed by atoms with Gasteiger partial charge in [0.15, 0.2) is 16.6 Å². The summed E-state index contributed by atoms with van der Waals surface area (Å²) in [5, 5.41) is 0.349. The molecule has 1 fully saturated rings. The van der Waals surface area contributed by atoms with Gasteiger partial charge in [-0.15, -0.1) is 0 Å². The van der Waals surface area contributed by atoms with Gasteiger partial charge in [-0.3, -0.25) is 19.4 Å². The van der Waals surface area contributed by atoms with E-state index in [1.807, 2.05) is 19.1 Å². The number of amides is 2. The zero-order chi connectivity index (χ0) is 25.7. The normalized spacial score (nSPS) is 13.6. The fourth-order valence-electron chi connectivity index (χ4n) is 3.72. The van der Waals surface area contributed by atoms with Crippen molar-refractivity contribution in [1.82, 2.24) is 0 Å². The Labute approximate surface area is 220 Å². The van der Waals surface area contributed by atoms with Gasteiger partial charge in [0.05, 0.1) is 23.0 Å². The molecule has 8 heteroatoms. The molecule has 0 saturated carbocycles. The van der Waals surface area contributed by atoms with E-state index in [1.165, 1.54) is 15.9 Å². The first-order valence-corrected chi connectivity index (χ1v) is 12.0. The fourth-order valence-corrected chi connectivity index (χ4v) is 4.37. The highest BCUT2D eigenvalue weighted by Crippen LogP contribution is 2.38. The molecule has 0 radical (unpaired) electrons. The molecule has 0 aliphatic carbocycles. The second-order valence-corrected chi connectivity index (χ2v) is 8.43. The molecule has 36 heavy (non-hydrogen) atoms. The summed E-state index contributed by atoms with van der Waals surface area (Å²) in [5.41, 5.74) is 1.52. The predicted octanol–water partition coefficient (Wildman–Crippen LogP) is 6.05. The summed E-state index contributed by atoms with van der Waals surface area (Å²) in [7, 11) is 0. The number of halogens is 1. The first-order chi connectivity index (χ1) is 17.5. The monoisotopic (exact) mass is 518 g/mol. The number of para-hydroxylation sites is 2. The number of thiocarbonyl (C=S) groups is 1. The molecule has 4 rings (SSSR count). The third kappa shape index (κ3) is 5.03. The summed E-state index contributed by atoms with van der Waals surface area (Å²) in [5.74, 6) is -0.321. The summed E-state index contributed by atoms with van der Waals surface area (Å²) < 4.78 is 11.4. The van der Waals surface area contributed by atoms with Crippen molar-refractivity contribution in [2.24, 2.45) is 0 Å². The van der Waals surface area contributed by atoms with Gasteiger partial charge >= 0.3 is 0 Å². The smallest absolute Gasteiger partial charge is 0.270 e. The third-order valence-corrected chi connectivity index (χ3v) is 5.91. The molecule has 1 aliphatic rings. The molecule has 0 aromatic heterocycles. The van der Waals surface area contributed by atoms with Crippen LogP contribution in [0.5, 0.6) is 11.5 Å². The lowest BCUT2D eigenvalue weighted by atomic mass is 10.0.